The smallest absolute Gasteiger partial charge is 0.0619 e. The van der Waals surface area contributed by atoms with Crippen LogP contribution in [-0.4, -0.2) is 0 Å². The third kappa shape index (κ3) is 1.50. The van der Waals surface area contributed by atoms with E-state index in [1.54, 1.807) is 324 Å². The van der Waals surface area contributed by atoms with Gasteiger partial charge in [0.2, 0.25) is 0 Å². The summed E-state index contributed by atoms with van der Waals surface area (Å²) in [7, 11) is 0. The summed E-state index contributed by atoms with van der Waals surface area (Å²) in [6.07, 6.45) is 0. The fourth-order valence-corrected chi connectivity index (χ4v) is 27.0. The zero-order chi connectivity index (χ0) is 44.0. The van der Waals surface area contributed by atoms with Crippen molar-refractivity contribution in [3.8, 4) is 0 Å². The summed E-state index contributed by atoms with van der Waals surface area (Å²) in [5.74, 6) is 0.127. The van der Waals surface area contributed by atoms with Gasteiger partial charge in [-0.05, 0) is 342 Å². The summed E-state index contributed by atoms with van der Waals surface area (Å²) >= 11 is 3.99. The first-order valence-corrected chi connectivity index (χ1v) is 28.2. The quantitative estimate of drug-likeness (QED) is 0.144. The van der Waals surface area contributed by atoms with Gasteiger partial charge in [-0.2, -0.15) is 0 Å². The standard InChI is InChI=1S/C73H9Br/c74-10-7-5-9(6-8-10)67-11-3-1-2-4-12(11)72-68-59-51-41-31-23-15-13-14-17-21-19(15)27-35-29(21)39-33-25(17)26-18(14)22-20-16(13)24(23)32-38-28(20)36-30(22)40-34(26)44-43(33)53-47(39)57-49(35)55(45(51)37(27)31)61(68)63(57)70-65(53)66-54(44)48(40)58-50(36)56-46(38)52(42(32)41)60(59)69(72)62(56)64(58)71(66)73(67,70)72/h1-8,67H. The molecule has 0 amide bonds. The molecule has 0 nitrogen and oxygen atoms in total. The monoisotopic (exact) mass is 964 g/mol. The van der Waals surface area contributed by atoms with Gasteiger partial charge in [0.1, 0.15) is 0 Å². The molecule has 0 bridgehead atoms. The molecule has 0 aromatic heterocycles. The van der Waals surface area contributed by atoms with Crippen molar-refractivity contribution in [2.45, 2.75) is 16.7 Å². The van der Waals surface area contributed by atoms with Gasteiger partial charge in [-0.25, -0.2) is 0 Å². The van der Waals surface area contributed by atoms with Gasteiger partial charge >= 0.3 is 0 Å². The van der Waals surface area contributed by atoms with Gasteiger partial charge in [0, 0.05) is 10.4 Å². The van der Waals surface area contributed by atoms with E-state index in [0.29, 0.717) is 0 Å². The predicted octanol–water partition coefficient (Wildman–Crippen LogP) is 20.3. The summed E-state index contributed by atoms with van der Waals surface area (Å²) < 4.78 is 1.17. The summed E-state index contributed by atoms with van der Waals surface area (Å²) in [6, 6.07) is 20.1. The van der Waals surface area contributed by atoms with E-state index in [2.05, 4.69) is 64.5 Å². The van der Waals surface area contributed by atoms with Crippen LogP contribution < -0.4 is 0 Å². The zero-order valence-corrected chi connectivity index (χ0v) is 39.2. The highest BCUT2D eigenvalue weighted by molar-refractivity contribution is 9.10. The molecule has 0 radical (unpaired) electrons. The van der Waals surface area contributed by atoms with Gasteiger partial charge in [-0.15, -0.1) is 0 Å². The number of hydrogen-bond acceptors (Lipinski definition) is 0. The normalized spacial score (nSPS) is 22.6. The molecular formula is C73H9Br. The van der Waals surface area contributed by atoms with Crippen LogP contribution in [0.3, 0.4) is 0 Å². The molecule has 5 aliphatic carbocycles. The Kier molecular flexibility index (Phi) is 2.44. The maximum atomic E-state index is 3.99. The molecule has 35 rings (SSSR count). The molecule has 30 aromatic carbocycles. The lowest BCUT2D eigenvalue weighted by Crippen LogP contribution is -2.51. The second-order valence-corrected chi connectivity index (χ2v) is 27.8. The van der Waals surface area contributed by atoms with Crippen molar-refractivity contribution < 1.29 is 0 Å². The number of fused-ring (bicyclic) bond motifs is 1. The van der Waals surface area contributed by atoms with Gasteiger partial charge in [0.05, 0.1) is 10.8 Å². The molecule has 0 aliphatic heterocycles. The first-order chi connectivity index (χ1) is 36.8. The van der Waals surface area contributed by atoms with Crippen molar-refractivity contribution in [2.75, 3.05) is 0 Å². The average Bonchev–Trinajstić information content (AvgIpc) is 4.28. The molecule has 0 saturated carbocycles. The highest BCUT2D eigenvalue weighted by atomic mass is 79.9. The Labute approximate surface area is 412 Å². The summed E-state index contributed by atoms with van der Waals surface area (Å²) in [4.78, 5) is 0. The van der Waals surface area contributed by atoms with E-state index in [4.69, 9.17) is 0 Å². The minimum absolute atomic E-state index is 0.127. The second kappa shape index (κ2) is 6.44. The predicted molar refractivity (Wildman–Crippen MR) is 315 cm³/mol. The van der Waals surface area contributed by atoms with E-state index in [9.17, 15) is 0 Å². The van der Waals surface area contributed by atoms with Crippen molar-refractivity contribution in [1.82, 2.24) is 0 Å². The highest BCUT2D eigenvalue weighted by Crippen LogP contribution is 2.88. The molecule has 1 heteroatoms. The van der Waals surface area contributed by atoms with Crippen LogP contribution >= 0.6 is 15.9 Å². The maximum Gasteiger partial charge on any atom is 0.0626 e. The highest BCUT2D eigenvalue weighted by Gasteiger charge is 2.76. The lowest BCUT2D eigenvalue weighted by atomic mass is 9.46. The zero-order valence-electron chi connectivity index (χ0n) is 37.6. The third-order valence-corrected chi connectivity index (χ3v) is 27.2. The van der Waals surface area contributed by atoms with Gasteiger partial charge in [-0.1, -0.05) is 52.3 Å². The average molecular weight is 966 g/mol. The molecule has 5 aliphatic rings. The molecule has 0 heterocycles. The van der Waals surface area contributed by atoms with Gasteiger partial charge < -0.3 is 0 Å². The van der Waals surface area contributed by atoms with Crippen LogP contribution in [0.25, 0.3) is 291 Å². The molecular weight excluding hydrogens is 957 g/mol. The Morgan fingerprint density at radius 3 is 0.703 bits per heavy atom. The summed E-state index contributed by atoms with van der Waals surface area (Å²) in [6.45, 7) is 0. The lowest BCUT2D eigenvalue weighted by Gasteiger charge is -2.53. The number of rotatable bonds is 1. The summed E-state index contributed by atoms with van der Waals surface area (Å²) in [5, 5.41) is 89.7. The van der Waals surface area contributed by atoms with E-state index in [1.165, 1.54) is 10.0 Å². The first-order valence-electron chi connectivity index (χ1n) is 27.5. The van der Waals surface area contributed by atoms with Crippen LogP contribution in [0, 0.1) is 0 Å². The number of halogens is 1. The minimum atomic E-state index is -0.410. The molecule has 0 N–H and O–H groups in total. The fraction of sp³-hybridized carbons (Fsp3) is 0.0411. The van der Waals surface area contributed by atoms with Crippen LogP contribution in [-0.2, 0) is 10.8 Å². The Bertz CT molecular complexity index is 7580. The van der Waals surface area contributed by atoms with Gasteiger partial charge in [-0.3, -0.25) is 0 Å². The van der Waals surface area contributed by atoms with Crippen LogP contribution in [0.1, 0.15) is 44.9 Å². The Morgan fingerprint density at radius 1 is 0.230 bits per heavy atom. The molecule has 308 valence electrons. The molecule has 0 saturated heterocycles. The van der Waals surface area contributed by atoms with Crippen LogP contribution in [0.15, 0.2) is 53.0 Å². The molecule has 30 aromatic rings. The molecule has 1 atom stereocenters. The first kappa shape index (κ1) is 28.0. The Balaban J connectivity index is 1.15. The topological polar surface area (TPSA) is 0 Å². The maximum absolute atomic E-state index is 3.99. The van der Waals surface area contributed by atoms with E-state index >= 15 is 0 Å². The summed E-state index contributed by atoms with van der Waals surface area (Å²) in [5.41, 5.74) is 10.8. The Morgan fingerprint density at radius 2 is 0.446 bits per heavy atom. The number of benzene rings is 20. The molecule has 0 fully saturated rings. The van der Waals surface area contributed by atoms with Gasteiger partial charge in [0.25, 0.3) is 0 Å². The van der Waals surface area contributed by atoms with E-state index < -0.39 is 10.8 Å². The van der Waals surface area contributed by atoms with E-state index in [0.717, 1.165) is 0 Å². The lowest BCUT2D eigenvalue weighted by molar-refractivity contribution is 0.378. The largest absolute Gasteiger partial charge is 0.0626 e. The third-order valence-electron chi connectivity index (χ3n) is 26.7. The fourth-order valence-electron chi connectivity index (χ4n) is 26.7. The van der Waals surface area contributed by atoms with Crippen molar-refractivity contribution in [3.63, 3.8) is 0 Å². The van der Waals surface area contributed by atoms with Crippen LogP contribution in [0.4, 0.5) is 0 Å². The van der Waals surface area contributed by atoms with Crippen molar-refractivity contribution in [2.24, 2.45) is 0 Å². The minimum Gasteiger partial charge on any atom is -0.0619 e. The van der Waals surface area contributed by atoms with E-state index in [-0.39, 0.29) is 5.92 Å². The molecule has 1 unspecified atom stereocenters. The van der Waals surface area contributed by atoms with Crippen molar-refractivity contribution >= 4 is 307 Å². The molecule has 2 spiro atoms. The van der Waals surface area contributed by atoms with E-state index in [1.807, 2.05) is 0 Å². The second-order valence-electron chi connectivity index (χ2n) is 26.9. The van der Waals surface area contributed by atoms with Crippen LogP contribution in [0.5, 0.6) is 0 Å². The van der Waals surface area contributed by atoms with Crippen molar-refractivity contribution in [3.05, 3.63) is 91.9 Å². The number of hydrogen-bond donors (Lipinski definition) is 0. The molecule has 74 heavy (non-hydrogen) atoms. The van der Waals surface area contributed by atoms with Crippen LogP contribution in [0.2, 0.25) is 0 Å². The SMILES string of the molecule is Brc1ccc(C2c3ccccc3C34c5c6c7c8c9c%10c(c%11c%12c3c3c5c5c%13c6c6c7c7c9c9c%14c%10c%10c%11c%11c%12c%12c3c3c5c5c%13c%13c6c6c7c9c7c9c%14c%10c%10c%11c%11c%12c3c3c5c5c%13c6c7c6c9c%10c%11c3c56)C824)cc1. The Hall–Kier alpha value is -8.62. The van der Waals surface area contributed by atoms with Gasteiger partial charge in [0.15, 0.2) is 0 Å². The van der Waals surface area contributed by atoms with Crippen molar-refractivity contribution in [1.29, 1.82) is 0 Å².